The molecule has 2 aliphatic heterocycles. The summed E-state index contributed by atoms with van der Waals surface area (Å²) in [7, 11) is 1.86. The lowest BCUT2D eigenvalue weighted by molar-refractivity contribution is -0.173. The number of Topliss-reactive ketones (excluding diaryl/α,β-unsaturated/α-hetero) is 1. The molecule has 2 atom stereocenters. The van der Waals surface area contributed by atoms with Gasteiger partial charge >= 0.3 is 0 Å². The van der Waals surface area contributed by atoms with Crippen molar-refractivity contribution in [1.82, 2.24) is 25.2 Å². The number of aromatic nitrogens is 3. The molecule has 1 aromatic carbocycles. The standard InChI is InChI=1S/C30H35FN6O3/c1-3-22(38)33-14-17-5-10-20(21(31)13-17)25-23(24-28(32)34-16-35-29(24)37(25)2)18-6-8-19(9-7-18)26(39)27-30(15-40-27)11-4-12-36-30/h3,5,10,13,16,18-19,27,36H,1,4,6-9,11-12,14-15H2,2H3,(H,33,38)(H2,32,34,35)/t18?,19?,27-,30+/m0/s1. The molecule has 3 fully saturated rings. The number of carbonyl (C=O) groups excluding carboxylic acids is 2. The molecule has 4 heterocycles. The van der Waals surface area contributed by atoms with Gasteiger partial charge < -0.3 is 25.7 Å². The van der Waals surface area contributed by atoms with Crippen molar-refractivity contribution in [2.45, 2.75) is 62.6 Å². The van der Waals surface area contributed by atoms with Crippen LogP contribution in [-0.4, -0.2) is 51.0 Å². The number of carbonyl (C=O) groups is 2. The van der Waals surface area contributed by atoms with E-state index in [1.807, 2.05) is 11.6 Å². The number of amides is 1. The third-order valence-corrected chi connectivity index (χ3v) is 9.06. The lowest BCUT2D eigenvalue weighted by atomic mass is 9.72. The number of nitrogens with zero attached hydrogens (tertiary/aromatic N) is 3. The van der Waals surface area contributed by atoms with E-state index in [2.05, 4.69) is 27.2 Å². The highest BCUT2D eigenvalue weighted by Gasteiger charge is 2.54. The molecule has 9 nitrogen and oxygen atoms in total. The number of aryl methyl sites for hydroxylation is 1. The Morgan fingerprint density at radius 3 is 2.75 bits per heavy atom. The highest BCUT2D eigenvalue weighted by molar-refractivity contribution is 5.97. The van der Waals surface area contributed by atoms with Gasteiger partial charge in [0.25, 0.3) is 0 Å². The molecule has 2 saturated heterocycles. The number of benzene rings is 1. The number of hydrogen-bond acceptors (Lipinski definition) is 7. The summed E-state index contributed by atoms with van der Waals surface area (Å²) in [4.78, 5) is 33.7. The van der Waals surface area contributed by atoms with Crippen molar-refractivity contribution in [3.05, 3.63) is 54.1 Å². The zero-order valence-electron chi connectivity index (χ0n) is 22.7. The highest BCUT2D eigenvalue weighted by Crippen LogP contribution is 2.47. The molecule has 0 bridgehead atoms. The van der Waals surface area contributed by atoms with Crippen LogP contribution in [0, 0.1) is 11.7 Å². The van der Waals surface area contributed by atoms with Gasteiger partial charge in [-0.2, -0.15) is 0 Å². The third-order valence-electron chi connectivity index (χ3n) is 9.06. The van der Waals surface area contributed by atoms with Crippen molar-refractivity contribution < 1.29 is 18.7 Å². The monoisotopic (exact) mass is 546 g/mol. The number of nitrogen functional groups attached to an aromatic ring is 1. The van der Waals surface area contributed by atoms with Crippen molar-refractivity contribution in [3.63, 3.8) is 0 Å². The topological polar surface area (TPSA) is 124 Å². The second-order valence-corrected chi connectivity index (χ2v) is 11.3. The zero-order valence-corrected chi connectivity index (χ0v) is 22.7. The molecule has 0 radical (unpaired) electrons. The van der Waals surface area contributed by atoms with E-state index in [-0.39, 0.29) is 41.7 Å². The van der Waals surface area contributed by atoms with Gasteiger partial charge in [0.1, 0.15) is 29.7 Å². The van der Waals surface area contributed by atoms with Crippen LogP contribution in [0.2, 0.25) is 0 Å². The molecule has 1 aliphatic carbocycles. The number of nitrogens with two attached hydrogens (primary N) is 1. The molecular formula is C30H35FN6O3. The van der Waals surface area contributed by atoms with E-state index in [1.54, 1.807) is 12.1 Å². The first-order chi connectivity index (χ1) is 19.3. The Hall–Kier alpha value is -3.63. The summed E-state index contributed by atoms with van der Waals surface area (Å²) < 4.78 is 23.3. The van der Waals surface area contributed by atoms with Gasteiger partial charge in [0.05, 0.1) is 23.2 Å². The van der Waals surface area contributed by atoms with Crippen LogP contribution >= 0.6 is 0 Å². The Labute approximate surface area is 232 Å². The molecule has 0 unspecified atom stereocenters. The Morgan fingerprint density at radius 2 is 2.10 bits per heavy atom. The van der Waals surface area contributed by atoms with Gasteiger partial charge in [0.2, 0.25) is 5.91 Å². The van der Waals surface area contributed by atoms with E-state index in [4.69, 9.17) is 10.5 Å². The average molecular weight is 547 g/mol. The molecule has 6 rings (SSSR count). The fourth-order valence-electron chi connectivity index (χ4n) is 6.93. The van der Waals surface area contributed by atoms with E-state index in [1.165, 1.54) is 18.5 Å². The largest absolute Gasteiger partial charge is 0.383 e. The summed E-state index contributed by atoms with van der Waals surface area (Å²) in [6, 6.07) is 4.98. The molecule has 2 aromatic heterocycles. The maximum atomic E-state index is 15.7. The van der Waals surface area contributed by atoms with Crippen molar-refractivity contribution in [3.8, 4) is 11.3 Å². The number of anilines is 1. The van der Waals surface area contributed by atoms with Gasteiger partial charge in [-0.3, -0.25) is 9.59 Å². The van der Waals surface area contributed by atoms with Gasteiger partial charge in [-0.25, -0.2) is 14.4 Å². The molecule has 1 spiro atoms. The minimum atomic E-state index is -0.399. The SMILES string of the molecule is C=CC(=O)NCc1ccc(-c2c(C3CCC(C(=O)[C@@H]4OC[C@]45CCCN5)CC3)c3c(N)ncnc3n2C)c(F)c1. The summed E-state index contributed by atoms with van der Waals surface area (Å²) in [5.74, 6) is -0.115. The van der Waals surface area contributed by atoms with E-state index < -0.39 is 5.82 Å². The maximum Gasteiger partial charge on any atom is 0.243 e. The zero-order chi connectivity index (χ0) is 28.0. The van der Waals surface area contributed by atoms with Gasteiger partial charge in [0, 0.05) is 25.1 Å². The first-order valence-electron chi connectivity index (χ1n) is 14.0. The van der Waals surface area contributed by atoms with Crippen LogP contribution in [-0.2, 0) is 27.9 Å². The molecule has 1 saturated carbocycles. The molecule has 4 N–H and O–H groups in total. The molecular weight excluding hydrogens is 511 g/mol. The van der Waals surface area contributed by atoms with E-state index >= 15 is 4.39 Å². The second-order valence-electron chi connectivity index (χ2n) is 11.3. The second kappa shape index (κ2) is 10.4. The van der Waals surface area contributed by atoms with Crippen LogP contribution in [0.1, 0.15) is 55.6 Å². The average Bonchev–Trinajstić information content (AvgIpc) is 3.57. The smallest absolute Gasteiger partial charge is 0.243 e. The number of hydrogen-bond donors (Lipinski definition) is 3. The van der Waals surface area contributed by atoms with Crippen LogP contribution in [0.15, 0.2) is 37.2 Å². The van der Waals surface area contributed by atoms with Crippen molar-refractivity contribution in [2.75, 3.05) is 18.9 Å². The van der Waals surface area contributed by atoms with E-state index in [9.17, 15) is 9.59 Å². The minimum absolute atomic E-state index is 0.0466. The van der Waals surface area contributed by atoms with Crippen LogP contribution in [0.4, 0.5) is 10.2 Å². The first kappa shape index (κ1) is 26.6. The number of fused-ring (bicyclic) bond motifs is 1. The summed E-state index contributed by atoms with van der Waals surface area (Å²) in [6.45, 7) is 5.19. The molecule has 10 heteroatoms. The fourth-order valence-corrected chi connectivity index (χ4v) is 6.93. The van der Waals surface area contributed by atoms with Crippen LogP contribution < -0.4 is 16.4 Å². The Balaban J connectivity index is 1.29. The summed E-state index contributed by atoms with van der Waals surface area (Å²) >= 11 is 0. The Kier molecular flexibility index (Phi) is 6.92. The predicted molar refractivity (Wildman–Crippen MR) is 150 cm³/mol. The Bertz CT molecular complexity index is 1490. The van der Waals surface area contributed by atoms with E-state index in [0.29, 0.717) is 34.9 Å². The lowest BCUT2D eigenvalue weighted by Crippen LogP contribution is -2.67. The van der Waals surface area contributed by atoms with Crippen molar-refractivity contribution in [2.24, 2.45) is 13.0 Å². The molecule has 3 aromatic rings. The van der Waals surface area contributed by atoms with Gasteiger partial charge in [-0.15, -0.1) is 0 Å². The van der Waals surface area contributed by atoms with Crippen molar-refractivity contribution in [1.29, 1.82) is 0 Å². The van der Waals surface area contributed by atoms with Gasteiger partial charge in [0.15, 0.2) is 5.78 Å². The third kappa shape index (κ3) is 4.39. The predicted octanol–water partition coefficient (Wildman–Crippen LogP) is 3.52. The van der Waals surface area contributed by atoms with Crippen molar-refractivity contribution >= 4 is 28.5 Å². The normalized spacial score (nSPS) is 26.1. The van der Waals surface area contributed by atoms with Gasteiger partial charge in [-0.1, -0.05) is 12.6 Å². The molecule has 210 valence electrons. The molecule has 40 heavy (non-hydrogen) atoms. The minimum Gasteiger partial charge on any atom is -0.383 e. The highest BCUT2D eigenvalue weighted by atomic mass is 19.1. The maximum absolute atomic E-state index is 15.7. The fraction of sp³-hybridized carbons (Fsp3) is 0.467. The molecule has 1 amide bonds. The number of nitrogens with one attached hydrogen (secondary N) is 2. The van der Waals surface area contributed by atoms with Crippen LogP contribution in [0.5, 0.6) is 0 Å². The summed E-state index contributed by atoms with van der Waals surface area (Å²) in [5, 5.41) is 6.94. The number of rotatable bonds is 7. The first-order valence-corrected chi connectivity index (χ1v) is 14.0. The lowest BCUT2D eigenvalue weighted by Gasteiger charge is -2.47. The van der Waals surface area contributed by atoms with E-state index in [0.717, 1.165) is 56.0 Å². The van der Waals surface area contributed by atoms with Gasteiger partial charge in [-0.05, 0) is 80.3 Å². The summed E-state index contributed by atoms with van der Waals surface area (Å²) in [5.41, 5.74) is 9.60. The van der Waals surface area contributed by atoms with Crippen LogP contribution in [0.3, 0.4) is 0 Å². The Morgan fingerprint density at radius 1 is 1.30 bits per heavy atom. The number of ether oxygens (including phenoxy) is 1. The molecule has 3 aliphatic rings. The van der Waals surface area contributed by atoms with Crippen LogP contribution in [0.25, 0.3) is 22.3 Å². The number of ketones is 1. The summed E-state index contributed by atoms with van der Waals surface area (Å²) in [6.07, 6.45) is 7.36. The number of halogens is 1. The quantitative estimate of drug-likeness (QED) is 0.388.